The van der Waals surface area contributed by atoms with E-state index >= 15 is 0 Å². The molecule has 2 aliphatic rings. The molecule has 13 heteroatoms. The summed E-state index contributed by atoms with van der Waals surface area (Å²) < 4.78 is 45.9. The average Bonchev–Trinajstić information content (AvgIpc) is 3.47. The van der Waals surface area contributed by atoms with Crippen LogP contribution in [0.2, 0.25) is 0 Å². The van der Waals surface area contributed by atoms with E-state index < -0.39 is 35.3 Å². The second kappa shape index (κ2) is 13.3. The first-order chi connectivity index (χ1) is 21.0. The van der Waals surface area contributed by atoms with Crippen molar-refractivity contribution in [2.45, 2.75) is 84.0 Å². The minimum Gasteiger partial charge on any atom is -0.487 e. The Morgan fingerprint density at radius 1 is 1.11 bits per heavy atom. The number of ether oxygens (including phenoxy) is 2. The molecular weight excluding hydrogens is 572 g/mol. The number of carbonyl (C=O) groups is 1. The van der Waals surface area contributed by atoms with Gasteiger partial charge in [0.05, 0.1) is 24.5 Å². The van der Waals surface area contributed by atoms with Crippen molar-refractivity contribution in [2.75, 3.05) is 36.0 Å². The van der Waals surface area contributed by atoms with Crippen molar-refractivity contribution in [1.29, 1.82) is 0 Å². The number of nitrogens with one attached hydrogen (secondary N) is 1. The Balaban J connectivity index is 1.20. The van der Waals surface area contributed by atoms with Crippen LogP contribution in [0.15, 0.2) is 35.1 Å². The van der Waals surface area contributed by atoms with Crippen molar-refractivity contribution in [3.63, 3.8) is 0 Å². The van der Waals surface area contributed by atoms with E-state index in [0.29, 0.717) is 42.4 Å². The summed E-state index contributed by atoms with van der Waals surface area (Å²) in [6.45, 7) is 11.8. The van der Waals surface area contributed by atoms with E-state index in [-0.39, 0.29) is 18.2 Å². The molecule has 2 saturated heterocycles. The Kier molecular flexibility index (Phi) is 9.50. The molecule has 0 aliphatic carbocycles. The molecule has 5 rings (SSSR count). The highest BCUT2D eigenvalue weighted by Crippen LogP contribution is 2.33. The second-order valence-electron chi connectivity index (χ2n) is 12.5. The SMILES string of the molecule is CCc1noc(N2CCC(C(C)Oc3cnc(N4CCC(c5cc(F)ccc5F)C(NC(=O)OC(C)(C)C)C4)nc3)CC2)n1. The summed E-state index contributed by atoms with van der Waals surface area (Å²) in [6, 6.07) is 3.40. The molecule has 3 unspecified atom stereocenters. The van der Waals surface area contributed by atoms with Gasteiger partial charge in [-0.15, -0.1) is 0 Å². The van der Waals surface area contributed by atoms with E-state index in [9.17, 15) is 13.6 Å². The lowest BCUT2D eigenvalue weighted by Gasteiger charge is -2.39. The standard InChI is InChI=1S/C31H41F2N7O4/c1-6-27-37-29(44-38-27)39-12-9-20(10-13-39)19(2)42-22-16-34-28(35-17-22)40-14-11-23(24-15-21(32)7-8-25(24)33)26(18-40)36-30(41)43-31(3,4)5/h7-8,15-17,19-20,23,26H,6,9-14,18H2,1-5H3,(H,36,41). The first-order valence-electron chi connectivity index (χ1n) is 15.2. The zero-order chi connectivity index (χ0) is 31.4. The maximum Gasteiger partial charge on any atom is 0.407 e. The summed E-state index contributed by atoms with van der Waals surface area (Å²) in [7, 11) is 0. The summed E-state index contributed by atoms with van der Waals surface area (Å²) >= 11 is 0. The zero-order valence-corrected chi connectivity index (χ0v) is 25.9. The zero-order valence-electron chi connectivity index (χ0n) is 25.9. The van der Waals surface area contributed by atoms with Crippen molar-refractivity contribution < 1.29 is 27.6 Å². The number of aromatic nitrogens is 4. The number of aryl methyl sites for hydroxylation is 1. The number of alkyl carbamates (subject to hydrolysis) is 1. The molecule has 11 nitrogen and oxygen atoms in total. The molecule has 0 saturated carbocycles. The molecule has 0 radical (unpaired) electrons. The third-order valence-corrected chi connectivity index (χ3v) is 8.14. The number of anilines is 2. The number of nitrogens with zero attached hydrogens (tertiary/aromatic N) is 6. The minimum absolute atomic E-state index is 0.0418. The molecule has 0 spiro atoms. The number of amides is 1. The highest BCUT2D eigenvalue weighted by molar-refractivity contribution is 5.68. The Labute approximate surface area is 256 Å². The maximum atomic E-state index is 14.8. The molecule has 2 aromatic heterocycles. The van der Waals surface area contributed by atoms with Crippen LogP contribution in [-0.2, 0) is 11.2 Å². The van der Waals surface area contributed by atoms with E-state index in [1.165, 1.54) is 6.07 Å². The highest BCUT2D eigenvalue weighted by Gasteiger charge is 2.35. The van der Waals surface area contributed by atoms with Crippen LogP contribution in [0.25, 0.3) is 0 Å². The molecule has 3 atom stereocenters. The van der Waals surface area contributed by atoms with Crippen LogP contribution < -0.4 is 19.9 Å². The lowest BCUT2D eigenvalue weighted by molar-refractivity contribution is 0.0492. The maximum absolute atomic E-state index is 14.8. The minimum atomic E-state index is -0.710. The van der Waals surface area contributed by atoms with Gasteiger partial charge in [-0.2, -0.15) is 4.98 Å². The van der Waals surface area contributed by atoms with Gasteiger partial charge in [-0.25, -0.2) is 23.5 Å². The fourth-order valence-corrected chi connectivity index (χ4v) is 5.83. The van der Waals surface area contributed by atoms with Gasteiger partial charge < -0.3 is 29.1 Å². The van der Waals surface area contributed by atoms with Gasteiger partial charge in [0.1, 0.15) is 17.2 Å². The van der Waals surface area contributed by atoms with Gasteiger partial charge in [0.15, 0.2) is 11.6 Å². The third kappa shape index (κ3) is 7.72. The van der Waals surface area contributed by atoms with Crippen LogP contribution in [0.5, 0.6) is 5.75 Å². The Morgan fingerprint density at radius 2 is 1.82 bits per heavy atom. The molecule has 238 valence electrons. The predicted octanol–water partition coefficient (Wildman–Crippen LogP) is 5.27. The molecule has 44 heavy (non-hydrogen) atoms. The van der Waals surface area contributed by atoms with Gasteiger partial charge in [0, 0.05) is 38.5 Å². The van der Waals surface area contributed by atoms with E-state index in [0.717, 1.165) is 44.5 Å². The number of hydrogen-bond donors (Lipinski definition) is 1. The molecule has 1 aromatic carbocycles. The van der Waals surface area contributed by atoms with Crippen molar-refractivity contribution >= 4 is 18.1 Å². The molecule has 2 fully saturated rings. The van der Waals surface area contributed by atoms with Crippen LogP contribution in [0, 0.1) is 17.6 Å². The van der Waals surface area contributed by atoms with Gasteiger partial charge in [-0.05, 0) is 76.6 Å². The van der Waals surface area contributed by atoms with Crippen LogP contribution in [0.1, 0.15) is 71.2 Å². The Hall–Kier alpha value is -4.03. The monoisotopic (exact) mass is 613 g/mol. The first-order valence-corrected chi connectivity index (χ1v) is 15.2. The quantitative estimate of drug-likeness (QED) is 0.360. The van der Waals surface area contributed by atoms with Crippen molar-refractivity contribution in [3.8, 4) is 5.75 Å². The molecule has 4 heterocycles. The fourth-order valence-electron chi connectivity index (χ4n) is 5.83. The van der Waals surface area contributed by atoms with Gasteiger partial charge in [-0.3, -0.25) is 0 Å². The number of piperidine rings is 2. The fraction of sp³-hybridized carbons (Fsp3) is 0.581. The molecule has 1 N–H and O–H groups in total. The van der Waals surface area contributed by atoms with Crippen molar-refractivity contribution in [1.82, 2.24) is 25.4 Å². The van der Waals surface area contributed by atoms with Crippen LogP contribution in [0.3, 0.4) is 0 Å². The summed E-state index contributed by atoms with van der Waals surface area (Å²) in [5.74, 6) is 0.572. The summed E-state index contributed by atoms with van der Waals surface area (Å²) in [6.07, 6.45) is 5.66. The van der Waals surface area contributed by atoms with Crippen LogP contribution in [0.4, 0.5) is 25.5 Å². The van der Waals surface area contributed by atoms with Crippen molar-refractivity contribution in [3.05, 3.63) is 53.6 Å². The largest absolute Gasteiger partial charge is 0.487 e. The Morgan fingerprint density at radius 3 is 2.48 bits per heavy atom. The van der Waals surface area contributed by atoms with Gasteiger partial charge in [0.2, 0.25) is 5.95 Å². The van der Waals surface area contributed by atoms with Gasteiger partial charge >= 0.3 is 12.1 Å². The van der Waals surface area contributed by atoms with E-state index in [4.69, 9.17) is 14.0 Å². The molecule has 2 aliphatic heterocycles. The molecule has 1 amide bonds. The Bertz CT molecular complexity index is 1410. The molecule has 3 aromatic rings. The number of rotatable bonds is 8. The number of halogens is 2. The third-order valence-electron chi connectivity index (χ3n) is 8.14. The predicted molar refractivity (Wildman–Crippen MR) is 160 cm³/mol. The molecular formula is C31H41F2N7O4. The lowest BCUT2D eigenvalue weighted by Crippen LogP contribution is -2.53. The summed E-state index contributed by atoms with van der Waals surface area (Å²) in [4.78, 5) is 30.2. The number of hydrogen-bond acceptors (Lipinski definition) is 10. The molecule has 0 bridgehead atoms. The average molecular weight is 614 g/mol. The van der Waals surface area contributed by atoms with Gasteiger partial charge in [0.25, 0.3) is 0 Å². The van der Waals surface area contributed by atoms with Gasteiger partial charge in [-0.1, -0.05) is 12.1 Å². The summed E-state index contributed by atoms with van der Waals surface area (Å²) in [5.41, 5.74) is -0.490. The number of benzene rings is 1. The topological polar surface area (TPSA) is 119 Å². The summed E-state index contributed by atoms with van der Waals surface area (Å²) in [5, 5.41) is 6.86. The second-order valence-corrected chi connectivity index (χ2v) is 12.5. The van der Waals surface area contributed by atoms with Crippen molar-refractivity contribution in [2.24, 2.45) is 5.92 Å². The normalized spacial score (nSPS) is 20.3. The van der Waals surface area contributed by atoms with E-state index in [1.807, 2.05) is 11.8 Å². The highest BCUT2D eigenvalue weighted by atomic mass is 19.1. The van der Waals surface area contributed by atoms with E-state index in [1.54, 1.807) is 33.2 Å². The van der Waals surface area contributed by atoms with Crippen LogP contribution in [-0.4, -0.2) is 70.1 Å². The number of carbonyl (C=O) groups excluding carboxylic acids is 1. The first kappa shape index (κ1) is 31.4. The van der Waals surface area contributed by atoms with E-state index in [2.05, 4.69) is 37.2 Å². The lowest BCUT2D eigenvalue weighted by atomic mass is 9.85. The smallest absolute Gasteiger partial charge is 0.407 e. The van der Waals surface area contributed by atoms with Crippen LogP contribution >= 0.6 is 0 Å².